The van der Waals surface area contributed by atoms with E-state index in [4.69, 9.17) is 11.6 Å². The number of halogens is 4. The van der Waals surface area contributed by atoms with Gasteiger partial charge in [-0.05, 0) is 105 Å². The summed E-state index contributed by atoms with van der Waals surface area (Å²) in [6.45, 7) is 3.53. The van der Waals surface area contributed by atoms with Gasteiger partial charge < -0.3 is 15.1 Å². The van der Waals surface area contributed by atoms with E-state index in [2.05, 4.69) is 22.3 Å². The number of carbonyl (C=O) groups excluding carboxylic acids is 1. The van der Waals surface area contributed by atoms with Crippen LogP contribution in [-0.2, 0) is 4.79 Å². The Balaban J connectivity index is 1.11. The van der Waals surface area contributed by atoms with Crippen molar-refractivity contribution in [3.63, 3.8) is 0 Å². The third-order valence-electron chi connectivity index (χ3n) is 7.12. The average molecular weight is 540 g/mol. The van der Waals surface area contributed by atoms with Gasteiger partial charge in [0.15, 0.2) is 0 Å². The van der Waals surface area contributed by atoms with Crippen molar-refractivity contribution in [2.45, 2.75) is 61.4 Å². The number of hydrogen-bond donors (Lipinski definition) is 1. The van der Waals surface area contributed by atoms with Crippen molar-refractivity contribution in [1.82, 2.24) is 4.90 Å². The van der Waals surface area contributed by atoms with Crippen molar-refractivity contribution in [3.8, 4) is 0 Å². The Bertz CT molecular complexity index is 971. The molecule has 2 aromatic carbocycles. The van der Waals surface area contributed by atoms with Gasteiger partial charge in [0.25, 0.3) is 0 Å². The fourth-order valence-electron chi connectivity index (χ4n) is 5.09. The van der Waals surface area contributed by atoms with Gasteiger partial charge in [-0.15, -0.1) is 0 Å². The predicted octanol–water partition coefficient (Wildman–Crippen LogP) is 7.44. The van der Waals surface area contributed by atoms with Crippen LogP contribution < -0.4 is 10.2 Å². The van der Waals surface area contributed by atoms with E-state index in [0.29, 0.717) is 12.3 Å². The molecule has 0 saturated carbocycles. The first-order valence-electron chi connectivity index (χ1n) is 12.7. The largest absolute Gasteiger partial charge is 0.446 e. The summed E-state index contributed by atoms with van der Waals surface area (Å²) < 4.78 is 37.4. The van der Waals surface area contributed by atoms with E-state index in [-0.39, 0.29) is 28.6 Å². The molecule has 36 heavy (non-hydrogen) atoms. The van der Waals surface area contributed by atoms with E-state index < -0.39 is 5.51 Å². The lowest BCUT2D eigenvalue weighted by Crippen LogP contribution is -2.42. The highest BCUT2D eigenvalue weighted by atomic mass is 35.5. The van der Waals surface area contributed by atoms with E-state index in [0.717, 1.165) is 75.4 Å². The Hall–Kier alpha value is -2.06. The highest BCUT2D eigenvalue weighted by Gasteiger charge is 2.29. The third kappa shape index (κ3) is 8.23. The molecule has 0 aliphatic carbocycles. The van der Waals surface area contributed by atoms with Crippen molar-refractivity contribution in [3.05, 3.63) is 53.6 Å². The van der Waals surface area contributed by atoms with Crippen LogP contribution in [0.4, 0.5) is 24.5 Å². The molecule has 2 aliphatic rings. The number of hydrogen-bond acceptors (Lipinski definition) is 4. The van der Waals surface area contributed by atoms with Gasteiger partial charge in [0.2, 0.25) is 5.91 Å². The van der Waals surface area contributed by atoms with Crippen LogP contribution in [0, 0.1) is 5.92 Å². The summed E-state index contributed by atoms with van der Waals surface area (Å²) >= 11 is 5.89. The quantitative estimate of drug-likeness (QED) is 0.354. The number of rotatable bonds is 8. The number of anilines is 2. The van der Waals surface area contributed by atoms with E-state index in [1.54, 1.807) is 12.1 Å². The number of alkyl halides is 3. The molecule has 4 nitrogen and oxygen atoms in total. The number of benzene rings is 2. The van der Waals surface area contributed by atoms with Crippen LogP contribution in [0.3, 0.4) is 0 Å². The number of likely N-dealkylation sites (tertiary alicyclic amines) is 1. The second kappa shape index (κ2) is 12.5. The third-order valence-corrected chi connectivity index (χ3v) is 8.11. The molecule has 0 bridgehead atoms. The molecule has 9 heteroatoms. The van der Waals surface area contributed by atoms with Crippen LogP contribution >= 0.6 is 23.4 Å². The number of carbonyl (C=O) groups is 1. The van der Waals surface area contributed by atoms with Gasteiger partial charge in [0.1, 0.15) is 0 Å². The smallest absolute Gasteiger partial charge is 0.382 e. The Labute approximate surface area is 220 Å². The van der Waals surface area contributed by atoms with Gasteiger partial charge >= 0.3 is 5.51 Å². The molecule has 0 atom stereocenters. The monoisotopic (exact) mass is 539 g/mol. The van der Waals surface area contributed by atoms with Crippen molar-refractivity contribution >= 4 is 40.6 Å². The number of nitrogens with zero attached hydrogens (tertiary/aromatic N) is 2. The van der Waals surface area contributed by atoms with Crippen LogP contribution in [0.15, 0.2) is 53.4 Å². The van der Waals surface area contributed by atoms with Crippen LogP contribution in [0.5, 0.6) is 0 Å². The summed E-state index contributed by atoms with van der Waals surface area (Å²) in [5.41, 5.74) is -2.24. The van der Waals surface area contributed by atoms with E-state index in [1.807, 2.05) is 17.0 Å². The fraction of sp³-hybridized carbons (Fsp3) is 0.519. The lowest BCUT2D eigenvalue weighted by atomic mass is 9.91. The SMILES string of the molecule is O=C(CCCC1CCN(c2ccc(Cl)cc2)CC1)N1CCC(Nc2ccc(SC(F)(F)F)cc2)CC1. The van der Waals surface area contributed by atoms with Gasteiger partial charge in [-0.2, -0.15) is 13.2 Å². The number of nitrogens with one attached hydrogen (secondary N) is 1. The zero-order valence-corrected chi connectivity index (χ0v) is 21.8. The Morgan fingerprint density at radius 1 is 0.944 bits per heavy atom. The van der Waals surface area contributed by atoms with Crippen molar-refractivity contribution < 1.29 is 18.0 Å². The fourth-order valence-corrected chi connectivity index (χ4v) is 5.76. The normalized spacial score (nSPS) is 17.9. The predicted molar refractivity (Wildman–Crippen MR) is 142 cm³/mol. The first-order chi connectivity index (χ1) is 17.2. The lowest BCUT2D eigenvalue weighted by molar-refractivity contribution is -0.132. The molecular formula is C27H33ClF3N3OS. The molecule has 2 saturated heterocycles. The standard InChI is InChI=1S/C27H33ClF3N3OS/c28-21-4-8-24(9-5-21)33-16-12-20(13-17-33)2-1-3-26(35)34-18-14-23(15-19-34)32-22-6-10-25(11-7-22)36-27(29,30)31/h4-11,20,23,32H,1-3,12-19H2. The molecule has 0 radical (unpaired) electrons. The zero-order chi connectivity index (χ0) is 25.5. The lowest BCUT2D eigenvalue weighted by Gasteiger charge is -2.34. The molecule has 196 valence electrons. The van der Waals surface area contributed by atoms with Gasteiger partial charge in [-0.3, -0.25) is 4.79 Å². The molecule has 1 N–H and O–H groups in total. The van der Waals surface area contributed by atoms with Crippen molar-refractivity contribution in [2.75, 3.05) is 36.4 Å². The second-order valence-electron chi connectivity index (χ2n) is 9.67. The van der Waals surface area contributed by atoms with E-state index >= 15 is 0 Å². The first kappa shape index (κ1) is 27.0. The van der Waals surface area contributed by atoms with Crippen LogP contribution in [0.25, 0.3) is 0 Å². The maximum atomic E-state index is 12.7. The molecule has 1 amide bonds. The number of piperidine rings is 2. The average Bonchev–Trinajstić information content (AvgIpc) is 2.86. The summed E-state index contributed by atoms with van der Waals surface area (Å²) in [7, 11) is 0. The molecule has 0 aromatic heterocycles. The van der Waals surface area contributed by atoms with E-state index in [1.165, 1.54) is 17.8 Å². The van der Waals surface area contributed by atoms with Gasteiger partial charge in [-0.1, -0.05) is 11.6 Å². The maximum absolute atomic E-state index is 12.7. The molecular weight excluding hydrogens is 507 g/mol. The topological polar surface area (TPSA) is 35.6 Å². The van der Waals surface area contributed by atoms with Gasteiger partial charge in [0.05, 0.1) is 0 Å². The Morgan fingerprint density at radius 2 is 1.58 bits per heavy atom. The van der Waals surface area contributed by atoms with Crippen molar-refractivity contribution in [1.29, 1.82) is 0 Å². The summed E-state index contributed by atoms with van der Waals surface area (Å²) in [5, 5.41) is 4.16. The molecule has 0 unspecified atom stereocenters. The minimum Gasteiger partial charge on any atom is -0.382 e. The van der Waals surface area contributed by atoms with Crippen LogP contribution in [-0.4, -0.2) is 48.5 Å². The molecule has 2 fully saturated rings. The van der Waals surface area contributed by atoms with Crippen LogP contribution in [0.1, 0.15) is 44.9 Å². The number of thioether (sulfide) groups is 1. The van der Waals surface area contributed by atoms with Gasteiger partial charge in [0, 0.05) is 59.9 Å². The Kier molecular flexibility index (Phi) is 9.34. The summed E-state index contributed by atoms with van der Waals surface area (Å²) in [6.07, 6.45) is 6.63. The summed E-state index contributed by atoms with van der Waals surface area (Å²) in [6, 6.07) is 14.6. The van der Waals surface area contributed by atoms with Crippen LogP contribution in [0.2, 0.25) is 5.02 Å². The molecule has 4 rings (SSSR count). The zero-order valence-electron chi connectivity index (χ0n) is 20.3. The highest BCUT2D eigenvalue weighted by molar-refractivity contribution is 8.00. The Morgan fingerprint density at radius 3 is 2.19 bits per heavy atom. The molecule has 2 aliphatic heterocycles. The van der Waals surface area contributed by atoms with Crippen molar-refractivity contribution in [2.24, 2.45) is 5.92 Å². The summed E-state index contributed by atoms with van der Waals surface area (Å²) in [4.78, 5) is 17.3. The molecule has 2 aromatic rings. The minimum absolute atomic E-state index is 0.104. The first-order valence-corrected chi connectivity index (χ1v) is 13.9. The van der Waals surface area contributed by atoms with E-state index in [9.17, 15) is 18.0 Å². The minimum atomic E-state index is -4.27. The second-order valence-corrected chi connectivity index (χ2v) is 11.2. The number of amides is 1. The maximum Gasteiger partial charge on any atom is 0.446 e. The molecule has 2 heterocycles. The highest BCUT2D eigenvalue weighted by Crippen LogP contribution is 2.37. The summed E-state index contributed by atoms with van der Waals surface area (Å²) in [5.74, 6) is 0.915. The molecule has 0 spiro atoms. The van der Waals surface area contributed by atoms with Gasteiger partial charge in [-0.25, -0.2) is 0 Å².